The number of aryl methyl sites for hydroxylation is 2. The third-order valence-corrected chi connectivity index (χ3v) is 5.57. The predicted molar refractivity (Wildman–Crippen MR) is 109 cm³/mol. The van der Waals surface area contributed by atoms with Crippen LogP contribution >= 0.6 is 11.8 Å². The average molecular weight is 399 g/mol. The molecule has 2 aromatic carbocycles. The van der Waals surface area contributed by atoms with E-state index in [4.69, 9.17) is 0 Å². The highest BCUT2D eigenvalue weighted by molar-refractivity contribution is 8.00. The molecule has 5 nitrogen and oxygen atoms in total. The number of carbonyl (C=O) groups excluding carboxylic acids is 1. The highest BCUT2D eigenvalue weighted by Crippen LogP contribution is 2.26. The van der Waals surface area contributed by atoms with Crippen molar-refractivity contribution in [1.29, 1.82) is 0 Å². The molecule has 0 aliphatic heterocycles. The first-order valence-electron chi connectivity index (χ1n) is 9.05. The van der Waals surface area contributed by atoms with Crippen LogP contribution in [0.2, 0.25) is 0 Å². The average Bonchev–Trinajstić information content (AvgIpc) is 3.10. The molecule has 2 unspecified atom stereocenters. The fraction of sp³-hybridized carbons (Fsp3) is 0.286. The van der Waals surface area contributed by atoms with Gasteiger partial charge in [-0.15, -0.1) is 10.2 Å². The lowest BCUT2D eigenvalue weighted by molar-refractivity contribution is -0.120. The van der Waals surface area contributed by atoms with Gasteiger partial charge in [0, 0.05) is 0 Å². The van der Waals surface area contributed by atoms with Crippen LogP contribution in [0.15, 0.2) is 53.9 Å². The Morgan fingerprint density at radius 3 is 2.54 bits per heavy atom. The van der Waals surface area contributed by atoms with Gasteiger partial charge in [0.2, 0.25) is 5.91 Å². The Balaban J connectivity index is 1.69. The fourth-order valence-electron chi connectivity index (χ4n) is 2.92. The molecule has 1 aromatic heterocycles. The largest absolute Gasteiger partial charge is 0.349 e. The van der Waals surface area contributed by atoms with Gasteiger partial charge >= 0.3 is 0 Å². The van der Waals surface area contributed by atoms with E-state index in [9.17, 15) is 9.18 Å². The lowest BCUT2D eigenvalue weighted by Crippen LogP contribution is -2.33. The van der Waals surface area contributed by atoms with Crippen LogP contribution in [-0.2, 0) is 4.79 Å². The van der Waals surface area contributed by atoms with Crippen molar-refractivity contribution in [3.05, 3.63) is 71.3 Å². The van der Waals surface area contributed by atoms with E-state index < -0.39 is 0 Å². The number of nitrogens with one attached hydrogen (secondary N) is 1. The lowest BCUT2D eigenvalue weighted by Gasteiger charge is -2.18. The van der Waals surface area contributed by atoms with Gasteiger partial charge in [-0.1, -0.05) is 41.6 Å². The standard InChI is InChI=1S/C21H23FN4OS/c1-13-5-10-19(14(2)11-13)26-12-23-25-21(26)28-16(4)20(27)24-15(3)17-6-8-18(22)9-7-17/h5-12,15-16H,1-4H3,(H,24,27). The summed E-state index contributed by atoms with van der Waals surface area (Å²) >= 11 is 1.35. The molecule has 0 spiro atoms. The zero-order chi connectivity index (χ0) is 20.3. The number of rotatable bonds is 6. The summed E-state index contributed by atoms with van der Waals surface area (Å²) in [6, 6.07) is 12.1. The molecule has 0 aliphatic carbocycles. The van der Waals surface area contributed by atoms with Gasteiger partial charge in [-0.25, -0.2) is 4.39 Å². The number of hydrogen-bond acceptors (Lipinski definition) is 4. The van der Waals surface area contributed by atoms with E-state index in [0.717, 1.165) is 16.8 Å². The van der Waals surface area contributed by atoms with E-state index in [-0.39, 0.29) is 23.0 Å². The Morgan fingerprint density at radius 1 is 1.14 bits per heavy atom. The maximum Gasteiger partial charge on any atom is 0.233 e. The summed E-state index contributed by atoms with van der Waals surface area (Å²) in [5.74, 6) is -0.408. The van der Waals surface area contributed by atoms with Crippen LogP contribution in [0, 0.1) is 19.7 Å². The molecule has 0 fully saturated rings. The van der Waals surface area contributed by atoms with Gasteiger partial charge in [0.25, 0.3) is 0 Å². The van der Waals surface area contributed by atoms with Gasteiger partial charge in [0.1, 0.15) is 12.1 Å². The molecule has 28 heavy (non-hydrogen) atoms. The topological polar surface area (TPSA) is 59.8 Å². The Hall–Kier alpha value is -2.67. The molecule has 3 aromatic rings. The SMILES string of the molecule is Cc1ccc(-n2cnnc2SC(C)C(=O)NC(C)c2ccc(F)cc2)c(C)c1. The molecule has 1 heterocycles. The summed E-state index contributed by atoms with van der Waals surface area (Å²) < 4.78 is 15.0. The number of amides is 1. The zero-order valence-electron chi connectivity index (χ0n) is 16.3. The number of halogens is 1. The maximum absolute atomic E-state index is 13.1. The molecule has 3 rings (SSSR count). The molecule has 1 amide bonds. The molecule has 0 radical (unpaired) electrons. The molecule has 0 aliphatic rings. The van der Waals surface area contributed by atoms with Gasteiger partial charge in [-0.2, -0.15) is 0 Å². The molecule has 2 atom stereocenters. The summed E-state index contributed by atoms with van der Waals surface area (Å²) in [6.45, 7) is 7.80. The second-order valence-electron chi connectivity index (χ2n) is 6.82. The van der Waals surface area contributed by atoms with Gasteiger partial charge < -0.3 is 5.32 Å². The van der Waals surface area contributed by atoms with Crippen molar-refractivity contribution in [3.63, 3.8) is 0 Å². The van der Waals surface area contributed by atoms with Crippen LogP contribution in [0.4, 0.5) is 4.39 Å². The van der Waals surface area contributed by atoms with Crippen LogP contribution in [-0.4, -0.2) is 25.9 Å². The molecule has 1 N–H and O–H groups in total. The third kappa shape index (κ3) is 4.59. The third-order valence-electron chi connectivity index (χ3n) is 4.51. The van der Waals surface area contributed by atoms with Crippen molar-refractivity contribution in [3.8, 4) is 5.69 Å². The van der Waals surface area contributed by atoms with Gasteiger partial charge in [-0.3, -0.25) is 9.36 Å². The summed E-state index contributed by atoms with van der Waals surface area (Å²) in [5, 5.41) is 11.5. The van der Waals surface area contributed by atoms with Crippen molar-refractivity contribution in [2.75, 3.05) is 0 Å². The summed E-state index contributed by atoms with van der Waals surface area (Å²) in [5.41, 5.74) is 4.14. The predicted octanol–water partition coefficient (Wildman–Crippen LogP) is 4.38. The first-order chi connectivity index (χ1) is 13.3. The second-order valence-corrected chi connectivity index (χ2v) is 8.12. The fourth-order valence-corrected chi connectivity index (χ4v) is 3.77. The summed E-state index contributed by atoms with van der Waals surface area (Å²) in [6.07, 6.45) is 1.66. The molecule has 0 saturated heterocycles. The van der Waals surface area contributed by atoms with Crippen molar-refractivity contribution < 1.29 is 9.18 Å². The van der Waals surface area contributed by atoms with Crippen LogP contribution in [0.3, 0.4) is 0 Å². The zero-order valence-corrected chi connectivity index (χ0v) is 17.1. The minimum absolute atomic E-state index is 0.114. The minimum Gasteiger partial charge on any atom is -0.349 e. The molecule has 0 saturated carbocycles. The first kappa shape index (κ1) is 20.1. The molecule has 0 bridgehead atoms. The van der Waals surface area contributed by atoms with Crippen LogP contribution < -0.4 is 5.32 Å². The van der Waals surface area contributed by atoms with Gasteiger partial charge in [0.15, 0.2) is 5.16 Å². The minimum atomic E-state index is -0.364. The molecule has 7 heteroatoms. The first-order valence-corrected chi connectivity index (χ1v) is 9.93. The summed E-state index contributed by atoms with van der Waals surface area (Å²) in [4.78, 5) is 12.6. The van der Waals surface area contributed by atoms with Crippen LogP contribution in [0.5, 0.6) is 0 Å². The highest BCUT2D eigenvalue weighted by Gasteiger charge is 2.20. The van der Waals surface area contributed by atoms with E-state index in [0.29, 0.717) is 5.16 Å². The van der Waals surface area contributed by atoms with E-state index >= 15 is 0 Å². The summed E-state index contributed by atoms with van der Waals surface area (Å²) in [7, 11) is 0. The second kappa shape index (κ2) is 8.56. The Bertz CT molecular complexity index is 971. The molecule has 146 valence electrons. The van der Waals surface area contributed by atoms with Crippen molar-refractivity contribution in [1.82, 2.24) is 20.1 Å². The van der Waals surface area contributed by atoms with Crippen molar-refractivity contribution >= 4 is 17.7 Å². The van der Waals surface area contributed by atoms with Gasteiger partial charge in [-0.05, 0) is 57.0 Å². The Kier molecular flexibility index (Phi) is 6.14. The number of aromatic nitrogens is 3. The quantitative estimate of drug-likeness (QED) is 0.626. The van der Waals surface area contributed by atoms with E-state index in [1.54, 1.807) is 18.5 Å². The Morgan fingerprint density at radius 2 is 1.86 bits per heavy atom. The van der Waals surface area contributed by atoms with Crippen molar-refractivity contribution in [2.24, 2.45) is 0 Å². The number of carbonyl (C=O) groups is 1. The lowest BCUT2D eigenvalue weighted by atomic mass is 10.1. The normalized spacial score (nSPS) is 13.2. The highest BCUT2D eigenvalue weighted by atomic mass is 32.2. The van der Waals surface area contributed by atoms with Crippen molar-refractivity contribution in [2.45, 2.75) is 44.1 Å². The Labute approximate surface area is 168 Å². The smallest absolute Gasteiger partial charge is 0.233 e. The van der Waals surface area contributed by atoms with Crippen LogP contribution in [0.1, 0.15) is 36.6 Å². The monoisotopic (exact) mass is 398 g/mol. The number of hydrogen-bond donors (Lipinski definition) is 1. The number of benzene rings is 2. The number of thioether (sulfide) groups is 1. The van der Waals surface area contributed by atoms with Crippen LogP contribution in [0.25, 0.3) is 5.69 Å². The molecular formula is C21H23FN4OS. The van der Waals surface area contributed by atoms with E-state index in [1.165, 1.54) is 29.5 Å². The number of nitrogens with zero attached hydrogens (tertiary/aromatic N) is 3. The van der Waals surface area contributed by atoms with E-state index in [2.05, 4.69) is 21.6 Å². The molecular weight excluding hydrogens is 375 g/mol. The van der Waals surface area contributed by atoms with E-state index in [1.807, 2.05) is 44.4 Å². The van der Waals surface area contributed by atoms with Gasteiger partial charge in [0.05, 0.1) is 17.0 Å². The maximum atomic E-state index is 13.1.